The molecule has 7 heteroatoms. The van der Waals surface area contributed by atoms with Gasteiger partial charge in [0.05, 0.1) is 11.6 Å². The SMILES string of the molecule is Cc1noc2ncnc(N3CCC[C@H](C(=O)N4CCc5ccccc54)C3)c12. The van der Waals surface area contributed by atoms with Crippen LogP contribution in [0.3, 0.4) is 0 Å². The van der Waals surface area contributed by atoms with Gasteiger partial charge in [-0.1, -0.05) is 23.4 Å². The van der Waals surface area contributed by atoms with Gasteiger partial charge in [-0.05, 0) is 37.8 Å². The molecule has 3 aromatic rings. The predicted octanol–water partition coefficient (Wildman–Crippen LogP) is 2.73. The first-order valence-corrected chi connectivity index (χ1v) is 9.43. The number of hydrogen-bond donors (Lipinski definition) is 0. The van der Waals surface area contributed by atoms with E-state index in [0.717, 1.165) is 54.9 Å². The third kappa shape index (κ3) is 2.65. The number of para-hydroxylation sites is 1. The van der Waals surface area contributed by atoms with Crippen LogP contribution in [0.4, 0.5) is 11.5 Å². The molecule has 1 fully saturated rings. The molecule has 2 aliphatic rings. The maximum Gasteiger partial charge on any atom is 0.263 e. The van der Waals surface area contributed by atoms with Gasteiger partial charge in [-0.15, -0.1) is 0 Å². The van der Waals surface area contributed by atoms with E-state index in [1.165, 1.54) is 11.9 Å². The monoisotopic (exact) mass is 363 g/mol. The summed E-state index contributed by atoms with van der Waals surface area (Å²) in [5, 5.41) is 4.86. The minimum absolute atomic E-state index is 0.0323. The van der Waals surface area contributed by atoms with Crippen molar-refractivity contribution < 1.29 is 9.32 Å². The molecule has 7 nitrogen and oxygen atoms in total. The number of rotatable bonds is 2. The highest BCUT2D eigenvalue weighted by atomic mass is 16.5. The Bertz CT molecular complexity index is 1010. The van der Waals surface area contributed by atoms with Crippen LogP contribution in [0, 0.1) is 12.8 Å². The van der Waals surface area contributed by atoms with E-state index in [1.54, 1.807) is 0 Å². The zero-order chi connectivity index (χ0) is 18.4. The molecule has 0 spiro atoms. The first-order chi connectivity index (χ1) is 13.2. The van der Waals surface area contributed by atoms with Gasteiger partial charge in [0.15, 0.2) is 0 Å². The Kier molecular flexibility index (Phi) is 3.81. The number of aryl methyl sites for hydroxylation is 1. The van der Waals surface area contributed by atoms with Crippen molar-refractivity contribution in [1.29, 1.82) is 0 Å². The number of amides is 1. The van der Waals surface area contributed by atoms with Crippen LogP contribution in [0.2, 0.25) is 0 Å². The third-order valence-corrected chi connectivity index (χ3v) is 5.65. The smallest absolute Gasteiger partial charge is 0.263 e. The summed E-state index contributed by atoms with van der Waals surface area (Å²) in [6, 6.07) is 8.21. The zero-order valence-electron chi connectivity index (χ0n) is 15.3. The number of hydrogen-bond acceptors (Lipinski definition) is 6. The largest absolute Gasteiger partial charge is 0.355 e. The molecule has 5 rings (SSSR count). The van der Waals surface area contributed by atoms with Gasteiger partial charge in [-0.2, -0.15) is 4.98 Å². The minimum Gasteiger partial charge on any atom is -0.355 e. The van der Waals surface area contributed by atoms with Crippen molar-refractivity contribution in [3.63, 3.8) is 0 Å². The van der Waals surface area contributed by atoms with Gasteiger partial charge >= 0.3 is 0 Å². The molecule has 4 heterocycles. The molecule has 0 unspecified atom stereocenters. The van der Waals surface area contributed by atoms with Crippen LogP contribution in [0.15, 0.2) is 35.1 Å². The second kappa shape index (κ2) is 6.33. The van der Waals surface area contributed by atoms with Crippen LogP contribution in [0.5, 0.6) is 0 Å². The summed E-state index contributed by atoms with van der Waals surface area (Å²) >= 11 is 0. The first-order valence-electron chi connectivity index (χ1n) is 9.43. The number of anilines is 2. The van der Waals surface area contributed by atoms with Crippen molar-refractivity contribution in [1.82, 2.24) is 15.1 Å². The van der Waals surface area contributed by atoms with E-state index in [9.17, 15) is 4.79 Å². The van der Waals surface area contributed by atoms with E-state index in [0.29, 0.717) is 12.3 Å². The molecule has 27 heavy (non-hydrogen) atoms. The second-order valence-corrected chi connectivity index (χ2v) is 7.30. The Labute approximate surface area is 157 Å². The second-order valence-electron chi connectivity index (χ2n) is 7.30. The Balaban J connectivity index is 1.41. The Morgan fingerprint density at radius 2 is 2.11 bits per heavy atom. The van der Waals surface area contributed by atoms with Crippen LogP contribution >= 0.6 is 0 Å². The summed E-state index contributed by atoms with van der Waals surface area (Å²) in [7, 11) is 0. The molecule has 2 aromatic heterocycles. The average Bonchev–Trinajstić information content (AvgIpc) is 3.31. The molecule has 0 saturated carbocycles. The lowest BCUT2D eigenvalue weighted by Gasteiger charge is -2.34. The van der Waals surface area contributed by atoms with E-state index in [4.69, 9.17) is 4.52 Å². The summed E-state index contributed by atoms with van der Waals surface area (Å²) in [6.45, 7) is 4.20. The molecule has 1 aromatic carbocycles. The Hall–Kier alpha value is -2.96. The lowest BCUT2D eigenvalue weighted by Crippen LogP contribution is -2.45. The summed E-state index contributed by atoms with van der Waals surface area (Å²) in [6.07, 6.45) is 4.31. The number of aromatic nitrogens is 3. The van der Waals surface area contributed by atoms with Crippen molar-refractivity contribution in [2.75, 3.05) is 29.4 Å². The molecule has 1 atom stereocenters. The maximum absolute atomic E-state index is 13.3. The summed E-state index contributed by atoms with van der Waals surface area (Å²) in [4.78, 5) is 26.0. The maximum atomic E-state index is 13.3. The van der Waals surface area contributed by atoms with Crippen LogP contribution in [0.25, 0.3) is 11.1 Å². The molecule has 0 bridgehead atoms. The van der Waals surface area contributed by atoms with Gasteiger partial charge in [0.2, 0.25) is 5.91 Å². The fourth-order valence-electron chi connectivity index (χ4n) is 4.30. The molecule has 1 saturated heterocycles. The lowest BCUT2D eigenvalue weighted by molar-refractivity contribution is -0.122. The number of fused-ring (bicyclic) bond motifs is 2. The molecule has 0 radical (unpaired) electrons. The molecular weight excluding hydrogens is 342 g/mol. The quantitative estimate of drug-likeness (QED) is 0.697. The van der Waals surface area contributed by atoms with Crippen LogP contribution < -0.4 is 9.80 Å². The molecule has 2 aliphatic heterocycles. The van der Waals surface area contributed by atoms with Crippen LogP contribution in [-0.4, -0.2) is 40.7 Å². The Morgan fingerprint density at radius 3 is 3.04 bits per heavy atom. The van der Waals surface area contributed by atoms with Crippen molar-refractivity contribution in [3.05, 3.63) is 41.9 Å². The summed E-state index contributed by atoms with van der Waals surface area (Å²) in [5.74, 6) is 1.00. The van der Waals surface area contributed by atoms with E-state index in [2.05, 4.69) is 32.2 Å². The standard InChI is InChI=1S/C20H21N5O2/c1-13-17-18(21-12-22-19(17)27-23-13)24-9-4-6-15(11-24)20(26)25-10-8-14-5-2-3-7-16(14)25/h2-3,5,7,12,15H,4,6,8-11H2,1H3/t15-/m0/s1. The lowest BCUT2D eigenvalue weighted by atomic mass is 9.96. The average molecular weight is 363 g/mol. The predicted molar refractivity (Wildman–Crippen MR) is 102 cm³/mol. The first kappa shape index (κ1) is 16.2. The molecule has 0 N–H and O–H groups in total. The Morgan fingerprint density at radius 1 is 1.22 bits per heavy atom. The number of carbonyl (C=O) groups excluding carboxylic acids is 1. The van der Waals surface area contributed by atoms with Gasteiger partial charge in [0.1, 0.15) is 17.5 Å². The van der Waals surface area contributed by atoms with Gasteiger partial charge in [0.25, 0.3) is 5.71 Å². The third-order valence-electron chi connectivity index (χ3n) is 5.65. The van der Waals surface area contributed by atoms with E-state index >= 15 is 0 Å². The fraction of sp³-hybridized carbons (Fsp3) is 0.400. The normalized spacial score (nSPS) is 19.5. The topological polar surface area (TPSA) is 75.4 Å². The van der Waals surface area contributed by atoms with Crippen molar-refractivity contribution in [2.24, 2.45) is 5.92 Å². The van der Waals surface area contributed by atoms with Gasteiger partial charge < -0.3 is 14.3 Å². The van der Waals surface area contributed by atoms with Crippen LogP contribution in [-0.2, 0) is 11.2 Å². The van der Waals surface area contributed by atoms with Crippen LogP contribution in [0.1, 0.15) is 24.1 Å². The van der Waals surface area contributed by atoms with Crippen molar-refractivity contribution >= 4 is 28.5 Å². The van der Waals surface area contributed by atoms with Gasteiger partial charge in [-0.25, -0.2) is 4.98 Å². The summed E-state index contributed by atoms with van der Waals surface area (Å²) < 4.78 is 5.27. The number of carbonyl (C=O) groups is 1. The molecular formula is C20H21N5O2. The highest BCUT2D eigenvalue weighted by Gasteiger charge is 2.34. The van der Waals surface area contributed by atoms with Gasteiger partial charge in [0, 0.05) is 25.3 Å². The highest BCUT2D eigenvalue weighted by molar-refractivity contribution is 5.97. The van der Waals surface area contributed by atoms with Crippen molar-refractivity contribution in [3.8, 4) is 0 Å². The van der Waals surface area contributed by atoms with E-state index < -0.39 is 0 Å². The number of benzene rings is 1. The van der Waals surface area contributed by atoms with E-state index in [1.807, 2.05) is 24.0 Å². The number of piperidine rings is 1. The number of nitrogens with zero attached hydrogens (tertiary/aromatic N) is 5. The molecule has 0 aliphatic carbocycles. The zero-order valence-corrected chi connectivity index (χ0v) is 15.3. The fourth-order valence-corrected chi connectivity index (χ4v) is 4.30. The minimum atomic E-state index is -0.0323. The molecule has 138 valence electrons. The highest BCUT2D eigenvalue weighted by Crippen LogP contribution is 2.33. The van der Waals surface area contributed by atoms with Crippen molar-refractivity contribution in [2.45, 2.75) is 26.2 Å². The van der Waals surface area contributed by atoms with E-state index in [-0.39, 0.29) is 11.8 Å². The van der Waals surface area contributed by atoms with Gasteiger partial charge in [-0.3, -0.25) is 4.79 Å². The summed E-state index contributed by atoms with van der Waals surface area (Å²) in [5.41, 5.74) is 3.61. The molecule has 1 amide bonds.